The maximum atomic E-state index is 12.4. The first kappa shape index (κ1) is 17.9. The molecule has 0 aliphatic carbocycles. The van der Waals surface area contributed by atoms with Crippen molar-refractivity contribution in [3.63, 3.8) is 0 Å². The number of anilines is 1. The van der Waals surface area contributed by atoms with Crippen molar-refractivity contribution in [3.8, 4) is 0 Å². The van der Waals surface area contributed by atoms with E-state index < -0.39 is 12.1 Å². The van der Waals surface area contributed by atoms with Crippen LogP contribution in [0.1, 0.15) is 34.8 Å². The smallest absolute Gasteiger partial charge is 0.342 e. The van der Waals surface area contributed by atoms with Gasteiger partial charge in [0.05, 0.1) is 5.56 Å². The lowest BCUT2D eigenvalue weighted by Crippen LogP contribution is -2.32. The molecule has 1 amide bonds. The molecule has 0 bridgehead atoms. The highest BCUT2D eigenvalue weighted by molar-refractivity contribution is 6.32. The standard InChI is InChI=1S/C18H19ClN2O3/c1-4-15(24-18(23)13-8-6-10-20-16(13)19)17(22)21-14-9-5-7-11(2)12(14)3/h5-10,15H,4H2,1-3H3,(H,21,22). The zero-order chi connectivity index (χ0) is 17.7. The van der Waals surface area contributed by atoms with Crippen LogP contribution in [0.15, 0.2) is 36.5 Å². The number of hydrogen-bond donors (Lipinski definition) is 1. The number of ether oxygens (including phenoxy) is 1. The number of halogens is 1. The van der Waals surface area contributed by atoms with E-state index in [0.717, 1.165) is 11.1 Å². The first-order valence-electron chi connectivity index (χ1n) is 7.62. The van der Waals surface area contributed by atoms with Crippen LogP contribution in [0.2, 0.25) is 5.15 Å². The van der Waals surface area contributed by atoms with Gasteiger partial charge in [0.15, 0.2) is 6.10 Å². The number of aromatic nitrogens is 1. The number of esters is 1. The molecule has 2 rings (SSSR count). The van der Waals surface area contributed by atoms with Gasteiger partial charge in [-0.25, -0.2) is 9.78 Å². The SMILES string of the molecule is CCC(OC(=O)c1cccnc1Cl)C(=O)Nc1cccc(C)c1C. The van der Waals surface area contributed by atoms with Crippen LogP contribution in [-0.2, 0) is 9.53 Å². The lowest BCUT2D eigenvalue weighted by Gasteiger charge is -2.17. The molecule has 1 atom stereocenters. The Kier molecular flexibility index (Phi) is 5.93. The number of nitrogens with one attached hydrogen (secondary N) is 1. The second-order valence-electron chi connectivity index (χ2n) is 5.38. The fraction of sp³-hybridized carbons (Fsp3) is 0.278. The minimum atomic E-state index is -0.909. The Hall–Kier alpha value is -2.40. The highest BCUT2D eigenvalue weighted by Crippen LogP contribution is 2.19. The summed E-state index contributed by atoms with van der Waals surface area (Å²) in [6.45, 7) is 5.66. The summed E-state index contributed by atoms with van der Waals surface area (Å²) >= 11 is 5.88. The van der Waals surface area contributed by atoms with Gasteiger partial charge < -0.3 is 10.1 Å². The zero-order valence-electron chi connectivity index (χ0n) is 13.8. The van der Waals surface area contributed by atoms with Crippen molar-refractivity contribution in [2.75, 3.05) is 5.32 Å². The van der Waals surface area contributed by atoms with Crippen LogP contribution in [0.25, 0.3) is 0 Å². The van der Waals surface area contributed by atoms with E-state index in [1.807, 2.05) is 32.0 Å². The number of pyridine rings is 1. The summed E-state index contributed by atoms with van der Waals surface area (Å²) in [6, 6.07) is 8.73. The van der Waals surface area contributed by atoms with Gasteiger partial charge in [0.2, 0.25) is 0 Å². The summed E-state index contributed by atoms with van der Waals surface area (Å²) in [5.41, 5.74) is 2.88. The fourth-order valence-corrected chi connectivity index (χ4v) is 2.35. The van der Waals surface area contributed by atoms with Gasteiger partial charge in [-0.15, -0.1) is 0 Å². The van der Waals surface area contributed by atoms with Crippen molar-refractivity contribution in [2.45, 2.75) is 33.3 Å². The molecule has 1 unspecified atom stereocenters. The van der Waals surface area contributed by atoms with Crippen LogP contribution in [0.3, 0.4) is 0 Å². The molecule has 0 radical (unpaired) electrons. The van der Waals surface area contributed by atoms with Gasteiger partial charge in [-0.2, -0.15) is 0 Å². The monoisotopic (exact) mass is 346 g/mol. The van der Waals surface area contributed by atoms with E-state index in [1.54, 1.807) is 13.0 Å². The Morgan fingerprint density at radius 3 is 2.67 bits per heavy atom. The fourth-order valence-electron chi connectivity index (χ4n) is 2.15. The van der Waals surface area contributed by atoms with Crippen LogP contribution in [0.5, 0.6) is 0 Å². The molecule has 0 aliphatic heterocycles. The molecule has 6 heteroatoms. The third-order valence-electron chi connectivity index (χ3n) is 3.75. The zero-order valence-corrected chi connectivity index (χ0v) is 14.6. The number of benzene rings is 1. The van der Waals surface area contributed by atoms with Crippen LogP contribution >= 0.6 is 11.6 Å². The highest BCUT2D eigenvalue weighted by atomic mass is 35.5. The molecular weight excluding hydrogens is 328 g/mol. The first-order chi connectivity index (χ1) is 11.4. The minimum Gasteiger partial charge on any atom is -0.449 e. The van der Waals surface area contributed by atoms with E-state index in [1.165, 1.54) is 12.3 Å². The first-order valence-corrected chi connectivity index (χ1v) is 8.00. The van der Waals surface area contributed by atoms with Crippen molar-refractivity contribution >= 4 is 29.2 Å². The van der Waals surface area contributed by atoms with Gasteiger partial charge in [0, 0.05) is 11.9 Å². The van der Waals surface area contributed by atoms with E-state index in [0.29, 0.717) is 12.1 Å². The Balaban J connectivity index is 2.10. The molecule has 1 heterocycles. The maximum Gasteiger partial charge on any atom is 0.342 e. The summed E-state index contributed by atoms with van der Waals surface area (Å²) in [5.74, 6) is -1.05. The largest absolute Gasteiger partial charge is 0.449 e. The number of hydrogen-bond acceptors (Lipinski definition) is 4. The van der Waals surface area contributed by atoms with Crippen molar-refractivity contribution in [2.24, 2.45) is 0 Å². The quantitative estimate of drug-likeness (QED) is 0.658. The number of aryl methyl sites for hydroxylation is 1. The van der Waals surface area contributed by atoms with Gasteiger partial charge in [-0.3, -0.25) is 4.79 Å². The molecule has 2 aromatic rings. The van der Waals surface area contributed by atoms with Gasteiger partial charge in [0.1, 0.15) is 5.15 Å². The molecular formula is C18H19ClN2O3. The molecule has 0 saturated heterocycles. The third-order valence-corrected chi connectivity index (χ3v) is 4.06. The topological polar surface area (TPSA) is 68.3 Å². The van der Waals surface area contributed by atoms with Crippen molar-refractivity contribution in [1.29, 1.82) is 0 Å². The van der Waals surface area contributed by atoms with Crippen molar-refractivity contribution in [3.05, 3.63) is 58.4 Å². The van der Waals surface area contributed by atoms with Gasteiger partial charge >= 0.3 is 5.97 Å². The molecule has 0 saturated carbocycles. The lowest BCUT2D eigenvalue weighted by atomic mass is 10.1. The molecule has 5 nitrogen and oxygen atoms in total. The van der Waals surface area contributed by atoms with Gasteiger partial charge in [-0.1, -0.05) is 30.7 Å². The van der Waals surface area contributed by atoms with E-state index in [4.69, 9.17) is 16.3 Å². The summed E-state index contributed by atoms with van der Waals surface area (Å²) < 4.78 is 5.30. The van der Waals surface area contributed by atoms with Gasteiger partial charge in [-0.05, 0) is 49.6 Å². The lowest BCUT2D eigenvalue weighted by molar-refractivity contribution is -0.124. The van der Waals surface area contributed by atoms with E-state index in [2.05, 4.69) is 10.3 Å². The molecule has 1 aromatic carbocycles. The number of amides is 1. The van der Waals surface area contributed by atoms with Crippen molar-refractivity contribution < 1.29 is 14.3 Å². The van der Waals surface area contributed by atoms with E-state index >= 15 is 0 Å². The highest BCUT2D eigenvalue weighted by Gasteiger charge is 2.24. The molecule has 1 aromatic heterocycles. The number of carbonyl (C=O) groups excluding carboxylic acids is 2. The number of carbonyl (C=O) groups is 2. The average Bonchev–Trinajstić information content (AvgIpc) is 2.57. The van der Waals surface area contributed by atoms with E-state index in [9.17, 15) is 9.59 Å². The summed E-state index contributed by atoms with van der Waals surface area (Å²) in [7, 11) is 0. The second kappa shape index (κ2) is 7.93. The van der Waals surface area contributed by atoms with Crippen LogP contribution in [0.4, 0.5) is 5.69 Å². The predicted octanol–water partition coefficient (Wildman–Crippen LogP) is 3.93. The number of rotatable bonds is 5. The molecule has 126 valence electrons. The van der Waals surface area contributed by atoms with Gasteiger partial charge in [0.25, 0.3) is 5.91 Å². The summed E-state index contributed by atoms with van der Waals surface area (Å²) in [6.07, 6.45) is 0.915. The minimum absolute atomic E-state index is 0.0484. The summed E-state index contributed by atoms with van der Waals surface area (Å²) in [4.78, 5) is 28.4. The molecule has 1 N–H and O–H groups in total. The average molecular weight is 347 g/mol. The third kappa shape index (κ3) is 4.11. The summed E-state index contributed by atoms with van der Waals surface area (Å²) in [5, 5.41) is 2.86. The van der Waals surface area contributed by atoms with Crippen LogP contribution < -0.4 is 5.32 Å². The van der Waals surface area contributed by atoms with Crippen molar-refractivity contribution in [1.82, 2.24) is 4.98 Å². The number of nitrogens with zero attached hydrogens (tertiary/aromatic N) is 1. The molecule has 0 fully saturated rings. The maximum absolute atomic E-state index is 12.4. The van der Waals surface area contributed by atoms with E-state index in [-0.39, 0.29) is 16.6 Å². The Labute approximate surface area is 146 Å². The van der Waals surface area contributed by atoms with Crippen LogP contribution in [-0.4, -0.2) is 23.0 Å². The van der Waals surface area contributed by atoms with Crippen LogP contribution in [0, 0.1) is 13.8 Å². The second-order valence-corrected chi connectivity index (χ2v) is 5.74. The normalized spacial score (nSPS) is 11.7. The Bertz CT molecular complexity index is 762. The Morgan fingerprint density at radius 1 is 1.25 bits per heavy atom. The molecule has 24 heavy (non-hydrogen) atoms. The molecule has 0 aliphatic rings. The Morgan fingerprint density at radius 2 is 2.00 bits per heavy atom. The molecule has 0 spiro atoms. The predicted molar refractivity (Wildman–Crippen MR) is 93.3 cm³/mol.